The van der Waals surface area contributed by atoms with Gasteiger partial charge in [-0.05, 0) is 81.8 Å². The fourth-order valence-corrected chi connectivity index (χ4v) is 12.1. The van der Waals surface area contributed by atoms with Crippen LogP contribution in [-0.2, 0) is 19.1 Å². The van der Waals surface area contributed by atoms with Crippen LogP contribution >= 0.6 is 12.6 Å². The van der Waals surface area contributed by atoms with Gasteiger partial charge >= 0.3 is 11.9 Å². The number of thiol groups is 1. The molecule has 0 saturated heterocycles. The summed E-state index contributed by atoms with van der Waals surface area (Å²) >= 11 is 5.13. The number of aliphatic hydroxyl groups is 4. The first-order valence-corrected chi connectivity index (χ1v) is 18.4. The van der Waals surface area contributed by atoms with E-state index in [-0.39, 0.29) is 29.1 Å². The maximum Gasteiger partial charge on any atom is 0.333 e. The molecule has 48 heavy (non-hydrogen) atoms. The van der Waals surface area contributed by atoms with Crippen LogP contribution in [0.4, 0.5) is 0 Å². The molecule has 8 nitrogen and oxygen atoms in total. The molecule has 0 spiro atoms. The van der Waals surface area contributed by atoms with Crippen molar-refractivity contribution in [2.24, 2.45) is 23.2 Å². The third-order valence-corrected chi connectivity index (χ3v) is 15.6. The van der Waals surface area contributed by atoms with Gasteiger partial charge in [0.2, 0.25) is 0 Å². The van der Waals surface area contributed by atoms with Gasteiger partial charge in [-0.15, -0.1) is 0 Å². The van der Waals surface area contributed by atoms with Crippen molar-refractivity contribution < 1.29 is 39.5 Å². The normalized spacial score (nSPS) is 48.9. The molecule has 0 aromatic rings. The molecule has 3 unspecified atom stereocenters. The molecular formula is C34H55B5O8S. The van der Waals surface area contributed by atoms with Crippen LogP contribution in [0.3, 0.4) is 0 Å². The minimum Gasteiger partial charge on any atom is -0.454 e. The lowest BCUT2D eigenvalue weighted by Gasteiger charge is -2.73. The van der Waals surface area contributed by atoms with E-state index in [1.807, 2.05) is 15.7 Å². The second-order valence-electron chi connectivity index (χ2n) is 17.2. The fraction of sp³-hybridized carbons (Fsp3) is 0.765. The van der Waals surface area contributed by atoms with Gasteiger partial charge in [-0.1, -0.05) is 53.7 Å². The maximum atomic E-state index is 13.5. The lowest BCUT2D eigenvalue weighted by molar-refractivity contribution is -0.225. The van der Waals surface area contributed by atoms with Crippen LogP contribution < -0.4 is 0 Å². The molecule has 5 aliphatic carbocycles. The first kappa shape index (κ1) is 37.9. The highest BCUT2D eigenvalue weighted by Gasteiger charge is 2.73. The van der Waals surface area contributed by atoms with E-state index in [4.69, 9.17) is 22.1 Å². The number of carbonyl (C=O) groups excluding carboxylic acids is 2. The summed E-state index contributed by atoms with van der Waals surface area (Å²) in [5, 5.41) is 44.3. The van der Waals surface area contributed by atoms with Gasteiger partial charge in [0.1, 0.15) is 45.3 Å². The summed E-state index contributed by atoms with van der Waals surface area (Å²) in [4.78, 5) is 26.7. The van der Waals surface area contributed by atoms with Crippen molar-refractivity contribution in [3.05, 3.63) is 34.9 Å². The molecule has 5 aliphatic rings. The molecule has 4 fully saturated rings. The number of esters is 2. The molecule has 5 rings (SSSR count). The molecule has 0 aliphatic heterocycles. The molecule has 0 bridgehead atoms. The van der Waals surface area contributed by atoms with Crippen molar-refractivity contribution in [1.82, 2.24) is 0 Å². The Bertz CT molecular complexity index is 1420. The van der Waals surface area contributed by atoms with Crippen LogP contribution in [0.25, 0.3) is 0 Å². The van der Waals surface area contributed by atoms with Crippen LogP contribution in [0, 0.1) is 23.2 Å². The van der Waals surface area contributed by atoms with Crippen LogP contribution in [-0.4, -0.2) is 114 Å². The number of ether oxygens (including phenoxy) is 2. The van der Waals surface area contributed by atoms with Gasteiger partial charge in [0.15, 0.2) is 6.10 Å². The predicted molar refractivity (Wildman–Crippen MR) is 203 cm³/mol. The van der Waals surface area contributed by atoms with E-state index >= 15 is 0 Å². The summed E-state index contributed by atoms with van der Waals surface area (Å²) in [5.74, 6) is -1.14. The average molecular weight is 678 g/mol. The first-order valence-electron chi connectivity index (χ1n) is 18.0. The number of carbonyl (C=O) groups is 2. The number of hydrogen-bond donors (Lipinski definition) is 5. The monoisotopic (exact) mass is 678 g/mol. The lowest BCUT2D eigenvalue weighted by atomic mass is 9.21. The second kappa shape index (κ2) is 12.7. The van der Waals surface area contributed by atoms with Crippen LogP contribution in [0.5, 0.6) is 0 Å². The van der Waals surface area contributed by atoms with Crippen molar-refractivity contribution in [2.45, 2.75) is 123 Å². The highest BCUT2D eigenvalue weighted by atomic mass is 32.1. The lowest BCUT2D eigenvalue weighted by Crippen LogP contribution is -2.72. The zero-order valence-corrected chi connectivity index (χ0v) is 31.4. The van der Waals surface area contributed by atoms with Gasteiger partial charge in [0.05, 0.1) is 24.2 Å². The average Bonchev–Trinajstić information content (AvgIpc) is 3.03. The van der Waals surface area contributed by atoms with Crippen molar-refractivity contribution in [3.63, 3.8) is 0 Å². The van der Waals surface area contributed by atoms with Crippen molar-refractivity contribution in [1.29, 1.82) is 0 Å². The van der Waals surface area contributed by atoms with E-state index in [2.05, 4.69) is 29.6 Å². The van der Waals surface area contributed by atoms with E-state index in [0.717, 1.165) is 31.3 Å². The Morgan fingerprint density at radius 2 is 1.46 bits per heavy atom. The van der Waals surface area contributed by atoms with Crippen molar-refractivity contribution in [3.8, 4) is 0 Å². The summed E-state index contributed by atoms with van der Waals surface area (Å²) in [7, 11) is 10.9. The number of allylic oxidation sites excluding steroid dienone is 4. The third kappa shape index (κ3) is 5.15. The molecule has 0 amide bonds. The van der Waals surface area contributed by atoms with Gasteiger partial charge in [0, 0.05) is 22.4 Å². The maximum absolute atomic E-state index is 13.5. The van der Waals surface area contributed by atoms with Crippen LogP contribution in [0.1, 0.15) is 72.6 Å². The number of fused-ring (bicyclic) bond motifs is 7. The Labute approximate surface area is 296 Å². The van der Waals surface area contributed by atoms with E-state index in [1.165, 1.54) is 0 Å². The molecular weight excluding hydrogens is 622 g/mol. The number of rotatable bonds is 6. The van der Waals surface area contributed by atoms with E-state index < -0.39 is 69.6 Å². The quantitative estimate of drug-likeness (QED) is 0.0831. The third-order valence-electron chi connectivity index (χ3n) is 15.2. The summed E-state index contributed by atoms with van der Waals surface area (Å²) in [6.45, 7) is 6.29. The van der Waals surface area contributed by atoms with Crippen molar-refractivity contribution in [2.75, 3.05) is 13.2 Å². The number of hydrogen-bond acceptors (Lipinski definition) is 9. The first-order chi connectivity index (χ1) is 22.3. The highest BCUT2D eigenvalue weighted by molar-refractivity contribution is 7.83. The summed E-state index contributed by atoms with van der Waals surface area (Å²) < 4.78 is 11.4. The molecule has 0 heterocycles. The molecule has 260 valence electrons. The Morgan fingerprint density at radius 1 is 0.875 bits per heavy atom. The molecule has 4 saturated carbocycles. The highest BCUT2D eigenvalue weighted by Crippen LogP contribution is 2.81. The molecule has 0 aromatic heterocycles. The van der Waals surface area contributed by atoms with E-state index in [0.29, 0.717) is 30.4 Å². The molecule has 4 N–H and O–H groups in total. The topological polar surface area (TPSA) is 134 Å². The summed E-state index contributed by atoms with van der Waals surface area (Å²) in [5.41, 5.74) is 0.597. The van der Waals surface area contributed by atoms with Gasteiger partial charge in [-0.3, -0.25) is 0 Å². The van der Waals surface area contributed by atoms with Gasteiger partial charge < -0.3 is 29.9 Å². The Morgan fingerprint density at radius 3 is 2.00 bits per heavy atom. The zero-order chi connectivity index (χ0) is 35.8. The minimum atomic E-state index is -1.33. The standard InChI is InChI=1S/C34H55B5O8S/c1-5-17(3)27(44)46-25-26(47-28(45)18(4)6-2)34(39,48)13-20-19-7-8-22-30(35)11-10-23(42)31(36,16-41)21(30)9-12-32(22,37)33(19,38)14-24(43)29(20,25)15-40/h5-7,20-26,40-43,48H,8-16,35-39H2,1-4H3/b17-5-,18-6-/t20?,21?,22?,23-,24+,25-,26-,29-,30+,31-,32-,33-,34+/m0/s1. The molecule has 14 heteroatoms. The van der Waals surface area contributed by atoms with Gasteiger partial charge in [-0.2, -0.15) is 12.6 Å². The largest absolute Gasteiger partial charge is 0.454 e. The number of aliphatic hydroxyl groups excluding tert-OH is 4. The Hall–Kier alpha value is -1.33. The zero-order valence-electron chi connectivity index (χ0n) is 30.5. The Balaban J connectivity index is 1.65. The van der Waals surface area contributed by atoms with Crippen molar-refractivity contribution >= 4 is 63.8 Å². The fourth-order valence-electron chi connectivity index (χ4n) is 11.7. The molecule has 13 atom stereocenters. The van der Waals surface area contributed by atoms with E-state index in [1.54, 1.807) is 39.8 Å². The summed E-state index contributed by atoms with van der Waals surface area (Å²) in [6.07, 6.45) is 6.61. The van der Waals surface area contributed by atoms with Gasteiger partial charge in [0.25, 0.3) is 0 Å². The van der Waals surface area contributed by atoms with Crippen LogP contribution in [0.15, 0.2) is 34.9 Å². The summed E-state index contributed by atoms with van der Waals surface area (Å²) in [6, 6.07) is 0. The smallest absolute Gasteiger partial charge is 0.333 e. The molecule has 0 aromatic carbocycles. The Kier molecular flexibility index (Phi) is 10.0. The van der Waals surface area contributed by atoms with Gasteiger partial charge in [-0.25, -0.2) is 9.59 Å². The molecule has 0 radical (unpaired) electrons. The second-order valence-corrected chi connectivity index (χ2v) is 18.2. The SMILES string of the molecule is B[C@]12CC[C@H](O)[C@](B)(CO)C1CC[C@]1(B)C2CC=C2C3C[C@@](B)(S)[C@@H](OC(=O)/C(C)=C\C)[C@H](OC(=O)/C(C)=C\C)[C@]3(CO)[C@H](O)C[C@]21B. The minimum absolute atomic E-state index is 0.0529. The van der Waals surface area contributed by atoms with E-state index in [9.17, 15) is 30.0 Å². The predicted octanol–water partition coefficient (Wildman–Crippen LogP) is -0.565. The van der Waals surface area contributed by atoms with Crippen LogP contribution in [0.2, 0.25) is 21.3 Å².